The van der Waals surface area contributed by atoms with E-state index in [1.807, 2.05) is 34.6 Å². The van der Waals surface area contributed by atoms with Gasteiger partial charge < -0.3 is 9.30 Å². The molecule has 4 heteroatoms. The Kier molecular flexibility index (Phi) is 5.05. The highest BCUT2D eigenvalue weighted by molar-refractivity contribution is 7.65. The summed E-state index contributed by atoms with van der Waals surface area (Å²) < 4.78 is 17.5. The standard InChI is InChI=1S/C11H23O3P/c1-7-15(13,8-2)9(3)10(12)14-11(4,5)6/h9H,7-8H2,1-6H3. The normalized spacial score (nSPS) is 14.8. The molecule has 0 fully saturated rings. The Morgan fingerprint density at radius 2 is 1.67 bits per heavy atom. The minimum Gasteiger partial charge on any atom is -0.459 e. The summed E-state index contributed by atoms with van der Waals surface area (Å²) in [6, 6.07) is 0. The van der Waals surface area contributed by atoms with Crippen LogP contribution in [0.5, 0.6) is 0 Å². The maximum Gasteiger partial charge on any atom is 0.316 e. The van der Waals surface area contributed by atoms with Gasteiger partial charge in [0.05, 0.1) is 0 Å². The predicted molar refractivity (Wildman–Crippen MR) is 64.0 cm³/mol. The number of esters is 1. The van der Waals surface area contributed by atoms with Crippen molar-refractivity contribution >= 4 is 13.1 Å². The van der Waals surface area contributed by atoms with Gasteiger partial charge in [0.1, 0.15) is 18.4 Å². The average molecular weight is 234 g/mol. The van der Waals surface area contributed by atoms with Gasteiger partial charge in [-0.15, -0.1) is 0 Å². The van der Waals surface area contributed by atoms with E-state index < -0.39 is 18.4 Å². The molecule has 0 spiro atoms. The molecule has 0 aromatic heterocycles. The van der Waals surface area contributed by atoms with Gasteiger partial charge in [0.25, 0.3) is 0 Å². The summed E-state index contributed by atoms with van der Waals surface area (Å²) in [5.41, 5.74) is -0.982. The third-order valence-electron chi connectivity index (χ3n) is 2.52. The first-order chi connectivity index (χ1) is 6.66. The highest BCUT2D eigenvalue weighted by Crippen LogP contribution is 2.50. The Hall–Kier alpha value is -0.300. The van der Waals surface area contributed by atoms with Crippen LogP contribution in [0.4, 0.5) is 0 Å². The maximum absolute atomic E-state index is 12.3. The van der Waals surface area contributed by atoms with Crippen molar-refractivity contribution in [2.24, 2.45) is 0 Å². The molecule has 0 saturated heterocycles. The fourth-order valence-electron chi connectivity index (χ4n) is 1.35. The highest BCUT2D eigenvalue weighted by Gasteiger charge is 2.34. The van der Waals surface area contributed by atoms with Crippen molar-refractivity contribution in [2.45, 2.75) is 52.8 Å². The van der Waals surface area contributed by atoms with E-state index in [1.54, 1.807) is 6.92 Å². The van der Waals surface area contributed by atoms with Crippen LogP contribution in [0.25, 0.3) is 0 Å². The number of carbonyl (C=O) groups is 1. The van der Waals surface area contributed by atoms with E-state index in [-0.39, 0.29) is 5.97 Å². The Balaban J connectivity index is 4.65. The molecule has 1 atom stereocenters. The number of ether oxygens (including phenoxy) is 1. The monoisotopic (exact) mass is 234 g/mol. The molecule has 90 valence electrons. The lowest BCUT2D eigenvalue weighted by Gasteiger charge is -2.26. The minimum absolute atomic E-state index is 0.338. The van der Waals surface area contributed by atoms with Crippen molar-refractivity contribution in [2.75, 3.05) is 12.3 Å². The zero-order valence-corrected chi connectivity index (χ0v) is 11.6. The summed E-state index contributed by atoms with van der Waals surface area (Å²) >= 11 is 0. The Labute approximate surface area is 93.0 Å². The molecule has 0 aliphatic rings. The summed E-state index contributed by atoms with van der Waals surface area (Å²) in [7, 11) is -2.39. The fraction of sp³-hybridized carbons (Fsp3) is 0.909. The summed E-state index contributed by atoms with van der Waals surface area (Å²) in [5.74, 6) is -0.338. The molecule has 0 aliphatic heterocycles. The first kappa shape index (κ1) is 14.7. The third kappa shape index (κ3) is 4.38. The largest absolute Gasteiger partial charge is 0.459 e. The second-order valence-electron chi connectivity index (χ2n) is 4.79. The van der Waals surface area contributed by atoms with E-state index >= 15 is 0 Å². The first-order valence-electron chi connectivity index (χ1n) is 5.47. The van der Waals surface area contributed by atoms with Gasteiger partial charge in [-0.05, 0) is 40.0 Å². The molecule has 0 aromatic rings. The molecule has 1 unspecified atom stereocenters. The molecule has 0 heterocycles. The van der Waals surface area contributed by atoms with Crippen LogP contribution in [0.1, 0.15) is 41.5 Å². The molecule has 0 amide bonds. The summed E-state index contributed by atoms with van der Waals surface area (Å²) in [6.45, 7) is 10.9. The lowest BCUT2D eigenvalue weighted by molar-refractivity contribution is -0.153. The van der Waals surface area contributed by atoms with Crippen LogP contribution in [0.2, 0.25) is 0 Å². The number of rotatable bonds is 4. The zero-order valence-electron chi connectivity index (χ0n) is 10.7. The SMILES string of the molecule is CCP(=O)(CC)C(C)C(=O)OC(C)(C)C. The van der Waals surface area contributed by atoms with Gasteiger partial charge in [0.2, 0.25) is 0 Å². The van der Waals surface area contributed by atoms with Gasteiger partial charge >= 0.3 is 5.97 Å². The van der Waals surface area contributed by atoms with Crippen molar-refractivity contribution < 1.29 is 14.1 Å². The maximum atomic E-state index is 12.3. The van der Waals surface area contributed by atoms with Crippen LogP contribution >= 0.6 is 7.14 Å². The first-order valence-corrected chi connectivity index (χ1v) is 7.61. The second kappa shape index (κ2) is 5.16. The minimum atomic E-state index is -2.39. The van der Waals surface area contributed by atoms with E-state index in [0.29, 0.717) is 12.3 Å². The van der Waals surface area contributed by atoms with Crippen LogP contribution in [0.15, 0.2) is 0 Å². The lowest BCUT2D eigenvalue weighted by atomic mass is 10.2. The second-order valence-corrected chi connectivity index (χ2v) is 8.74. The van der Waals surface area contributed by atoms with Crippen LogP contribution < -0.4 is 0 Å². The number of hydrogen-bond acceptors (Lipinski definition) is 3. The smallest absolute Gasteiger partial charge is 0.316 e. The van der Waals surface area contributed by atoms with Gasteiger partial charge in [-0.25, -0.2) is 0 Å². The molecule has 15 heavy (non-hydrogen) atoms. The third-order valence-corrected chi connectivity index (χ3v) is 6.29. The van der Waals surface area contributed by atoms with Gasteiger partial charge in [-0.2, -0.15) is 0 Å². The summed E-state index contributed by atoms with van der Waals surface area (Å²) in [4.78, 5) is 11.7. The molecule has 0 aromatic carbocycles. The quantitative estimate of drug-likeness (QED) is 0.554. The Morgan fingerprint density at radius 3 is 1.93 bits per heavy atom. The highest BCUT2D eigenvalue weighted by atomic mass is 31.2. The van der Waals surface area contributed by atoms with Crippen molar-refractivity contribution in [3.63, 3.8) is 0 Å². The summed E-state index contributed by atoms with van der Waals surface area (Å²) in [6.07, 6.45) is 1.12. The Morgan fingerprint density at radius 1 is 1.27 bits per heavy atom. The fourth-order valence-corrected chi connectivity index (χ4v) is 3.33. The van der Waals surface area contributed by atoms with Gasteiger partial charge in [0.15, 0.2) is 0 Å². The van der Waals surface area contributed by atoms with Crippen LogP contribution in [0, 0.1) is 0 Å². The summed E-state index contributed by atoms with van der Waals surface area (Å²) in [5, 5.41) is 0. The molecule has 0 N–H and O–H groups in total. The molecule has 0 rings (SSSR count). The van der Waals surface area contributed by atoms with Gasteiger partial charge in [-0.3, -0.25) is 4.79 Å². The van der Waals surface area contributed by atoms with Gasteiger partial charge in [-0.1, -0.05) is 13.8 Å². The van der Waals surface area contributed by atoms with Crippen molar-refractivity contribution in [1.29, 1.82) is 0 Å². The number of carbonyl (C=O) groups excluding carboxylic acids is 1. The van der Waals surface area contributed by atoms with Crippen LogP contribution in [-0.4, -0.2) is 29.6 Å². The van der Waals surface area contributed by atoms with E-state index in [0.717, 1.165) is 0 Å². The molecule has 0 aliphatic carbocycles. The van der Waals surface area contributed by atoms with E-state index in [9.17, 15) is 9.36 Å². The van der Waals surface area contributed by atoms with Crippen molar-refractivity contribution in [3.8, 4) is 0 Å². The van der Waals surface area contributed by atoms with Crippen molar-refractivity contribution in [3.05, 3.63) is 0 Å². The molecular weight excluding hydrogens is 211 g/mol. The van der Waals surface area contributed by atoms with Crippen LogP contribution in [-0.2, 0) is 14.1 Å². The predicted octanol–water partition coefficient (Wildman–Crippen LogP) is 3.12. The molecular formula is C11H23O3P. The Bertz CT molecular complexity index is 257. The van der Waals surface area contributed by atoms with Crippen molar-refractivity contribution in [1.82, 2.24) is 0 Å². The molecule has 0 saturated carbocycles. The lowest BCUT2D eigenvalue weighted by Crippen LogP contribution is -2.31. The zero-order chi connectivity index (χ0) is 12.3. The topological polar surface area (TPSA) is 43.4 Å². The number of hydrogen-bond donors (Lipinski definition) is 0. The molecule has 0 radical (unpaired) electrons. The van der Waals surface area contributed by atoms with Gasteiger partial charge in [0, 0.05) is 0 Å². The van der Waals surface area contributed by atoms with E-state index in [2.05, 4.69) is 0 Å². The van der Waals surface area contributed by atoms with E-state index in [4.69, 9.17) is 4.74 Å². The van der Waals surface area contributed by atoms with Crippen LogP contribution in [0.3, 0.4) is 0 Å². The van der Waals surface area contributed by atoms with E-state index in [1.165, 1.54) is 0 Å². The molecule has 3 nitrogen and oxygen atoms in total. The average Bonchev–Trinajstić information content (AvgIpc) is 2.12. The molecule has 0 bridgehead atoms.